The van der Waals surface area contributed by atoms with Gasteiger partial charge in [0.25, 0.3) is 0 Å². The number of rotatable bonds is 0. The van der Waals surface area contributed by atoms with Crippen LogP contribution in [0.15, 0.2) is 30.6 Å². The van der Waals surface area contributed by atoms with Crippen LogP contribution in [0.4, 0.5) is 11.4 Å². The maximum absolute atomic E-state index is 12.8. The van der Waals surface area contributed by atoms with Gasteiger partial charge in [-0.3, -0.25) is 14.6 Å². The number of hydrogen-bond donors (Lipinski definition) is 1. The summed E-state index contributed by atoms with van der Waals surface area (Å²) in [5, 5.41) is 3.27. The molecule has 0 saturated carbocycles. The molecule has 104 valence electrons. The topological polar surface area (TPSA) is 62.3 Å². The van der Waals surface area contributed by atoms with Crippen molar-refractivity contribution in [1.29, 1.82) is 0 Å². The van der Waals surface area contributed by atoms with Gasteiger partial charge in [0, 0.05) is 43.7 Å². The van der Waals surface area contributed by atoms with Gasteiger partial charge in [-0.2, -0.15) is 0 Å². The average Bonchev–Trinajstić information content (AvgIpc) is 2.52. The van der Waals surface area contributed by atoms with Crippen molar-refractivity contribution in [2.75, 3.05) is 30.4 Å². The summed E-state index contributed by atoms with van der Waals surface area (Å²) >= 11 is 0. The summed E-state index contributed by atoms with van der Waals surface area (Å²) in [5.41, 5.74) is 3.48. The van der Waals surface area contributed by atoms with Crippen LogP contribution in [0, 0.1) is 0 Å². The number of aromatic nitrogens is 1. The van der Waals surface area contributed by atoms with E-state index in [2.05, 4.69) is 15.2 Å². The molecule has 1 N–H and O–H groups in total. The summed E-state index contributed by atoms with van der Waals surface area (Å²) in [5.74, 6) is -0.243. The molecule has 2 heterocycles. The van der Waals surface area contributed by atoms with Crippen LogP contribution in [0.25, 0.3) is 0 Å². The molecule has 0 unspecified atom stereocenters. The number of nitrogens with one attached hydrogen (secondary N) is 1. The molecule has 2 aromatic rings. The first-order valence-electron chi connectivity index (χ1n) is 6.84. The van der Waals surface area contributed by atoms with Crippen molar-refractivity contribution in [1.82, 2.24) is 4.98 Å². The van der Waals surface area contributed by atoms with E-state index >= 15 is 0 Å². The molecule has 0 bridgehead atoms. The zero-order valence-corrected chi connectivity index (χ0v) is 11.5. The minimum absolute atomic E-state index is 0.111. The van der Waals surface area contributed by atoms with E-state index in [1.165, 1.54) is 6.20 Å². The predicted octanol–water partition coefficient (Wildman–Crippen LogP) is 1.72. The lowest BCUT2D eigenvalue weighted by Crippen LogP contribution is -2.33. The van der Waals surface area contributed by atoms with E-state index in [9.17, 15) is 9.59 Å². The van der Waals surface area contributed by atoms with Gasteiger partial charge >= 0.3 is 0 Å². The third kappa shape index (κ3) is 1.54. The van der Waals surface area contributed by atoms with Crippen molar-refractivity contribution in [3.05, 3.63) is 52.8 Å². The molecular formula is C16H13N3O2. The molecule has 4 rings (SSSR count). The zero-order valence-electron chi connectivity index (χ0n) is 11.5. The van der Waals surface area contributed by atoms with Gasteiger partial charge in [0.05, 0.1) is 22.5 Å². The van der Waals surface area contributed by atoms with Crippen LogP contribution in [0.2, 0.25) is 0 Å². The Morgan fingerprint density at radius 1 is 1.10 bits per heavy atom. The molecule has 5 nitrogen and oxygen atoms in total. The molecule has 0 amide bonds. The molecule has 21 heavy (non-hydrogen) atoms. The monoisotopic (exact) mass is 279 g/mol. The van der Waals surface area contributed by atoms with Crippen LogP contribution in [-0.4, -0.2) is 36.7 Å². The SMILES string of the molecule is CN1CCNc2c1ccc1c2C(=O)c2cnccc2C1=O. The quantitative estimate of drug-likeness (QED) is 0.679. The van der Waals surface area contributed by atoms with E-state index in [0.717, 1.165) is 24.5 Å². The lowest BCUT2D eigenvalue weighted by Gasteiger charge is -2.31. The highest BCUT2D eigenvalue weighted by Crippen LogP contribution is 2.38. The van der Waals surface area contributed by atoms with Gasteiger partial charge in [-0.05, 0) is 18.2 Å². The van der Waals surface area contributed by atoms with Gasteiger partial charge in [-0.25, -0.2) is 0 Å². The molecule has 0 spiro atoms. The van der Waals surface area contributed by atoms with Crippen molar-refractivity contribution in [2.45, 2.75) is 0 Å². The number of ketones is 2. The number of anilines is 2. The number of benzene rings is 1. The van der Waals surface area contributed by atoms with Crippen LogP contribution >= 0.6 is 0 Å². The maximum atomic E-state index is 12.8. The first kappa shape index (κ1) is 12.1. The number of nitrogens with zero attached hydrogens (tertiary/aromatic N) is 2. The molecule has 0 radical (unpaired) electrons. The Labute approximate surface area is 121 Å². The fourth-order valence-corrected chi connectivity index (χ4v) is 3.04. The number of carbonyl (C=O) groups is 2. The van der Waals surface area contributed by atoms with Gasteiger partial charge in [-0.1, -0.05) is 0 Å². The molecule has 1 aliphatic carbocycles. The minimum atomic E-state index is -0.132. The lowest BCUT2D eigenvalue weighted by atomic mass is 9.83. The first-order chi connectivity index (χ1) is 10.2. The van der Waals surface area contributed by atoms with Crippen LogP contribution < -0.4 is 10.2 Å². The van der Waals surface area contributed by atoms with Crippen molar-refractivity contribution in [3.8, 4) is 0 Å². The molecule has 5 heteroatoms. The molecule has 1 aromatic carbocycles. The predicted molar refractivity (Wildman–Crippen MR) is 79.3 cm³/mol. The van der Waals surface area contributed by atoms with Gasteiger partial charge in [0.15, 0.2) is 11.6 Å². The largest absolute Gasteiger partial charge is 0.381 e. The summed E-state index contributed by atoms with van der Waals surface area (Å²) in [7, 11) is 1.98. The first-order valence-corrected chi connectivity index (χ1v) is 6.84. The Balaban J connectivity index is 2.01. The van der Waals surface area contributed by atoms with Crippen LogP contribution in [0.3, 0.4) is 0 Å². The normalized spacial score (nSPS) is 16.0. The summed E-state index contributed by atoms with van der Waals surface area (Å²) in [6.45, 7) is 1.62. The second kappa shape index (κ2) is 4.15. The Hall–Kier alpha value is -2.69. The fraction of sp³-hybridized carbons (Fsp3) is 0.188. The van der Waals surface area contributed by atoms with Crippen molar-refractivity contribution in [3.63, 3.8) is 0 Å². The van der Waals surface area contributed by atoms with Crippen molar-refractivity contribution < 1.29 is 9.59 Å². The Morgan fingerprint density at radius 2 is 1.95 bits per heavy atom. The Kier molecular flexibility index (Phi) is 2.39. The van der Waals surface area contributed by atoms with E-state index in [1.807, 2.05) is 13.1 Å². The smallest absolute Gasteiger partial charge is 0.198 e. The van der Waals surface area contributed by atoms with Crippen LogP contribution in [-0.2, 0) is 0 Å². The summed E-state index contributed by atoms with van der Waals surface area (Å²) in [4.78, 5) is 31.4. The van der Waals surface area contributed by atoms with E-state index in [-0.39, 0.29) is 11.6 Å². The maximum Gasteiger partial charge on any atom is 0.198 e. The number of carbonyl (C=O) groups excluding carboxylic acids is 2. The number of fused-ring (bicyclic) bond motifs is 4. The van der Waals surface area contributed by atoms with E-state index in [0.29, 0.717) is 22.3 Å². The second-order valence-electron chi connectivity index (χ2n) is 5.31. The molecule has 0 fully saturated rings. The average molecular weight is 279 g/mol. The molecule has 0 atom stereocenters. The molecule has 0 saturated heterocycles. The lowest BCUT2D eigenvalue weighted by molar-refractivity contribution is 0.0979. The standard InChI is InChI=1S/C16H13N3O2/c1-19-7-6-18-14-12(19)3-2-10-13(14)16(21)11-8-17-5-4-9(11)15(10)20/h2-5,8,18H,6-7H2,1H3. The van der Waals surface area contributed by atoms with Gasteiger partial charge < -0.3 is 10.2 Å². The highest BCUT2D eigenvalue weighted by atomic mass is 16.1. The van der Waals surface area contributed by atoms with Crippen LogP contribution in [0.1, 0.15) is 31.8 Å². The third-order valence-corrected chi connectivity index (χ3v) is 4.13. The number of hydrogen-bond acceptors (Lipinski definition) is 5. The highest BCUT2D eigenvalue weighted by Gasteiger charge is 2.34. The second-order valence-corrected chi connectivity index (χ2v) is 5.31. The molecular weight excluding hydrogens is 266 g/mol. The summed E-state index contributed by atoms with van der Waals surface area (Å²) in [6.07, 6.45) is 3.02. The van der Waals surface area contributed by atoms with Gasteiger partial charge in [0.2, 0.25) is 0 Å². The Bertz CT molecular complexity index is 798. The summed E-state index contributed by atoms with van der Waals surface area (Å²) < 4.78 is 0. The summed E-state index contributed by atoms with van der Waals surface area (Å²) in [6, 6.07) is 5.26. The van der Waals surface area contributed by atoms with Crippen LogP contribution in [0.5, 0.6) is 0 Å². The third-order valence-electron chi connectivity index (χ3n) is 4.13. The zero-order chi connectivity index (χ0) is 14.6. The fourth-order valence-electron chi connectivity index (χ4n) is 3.04. The van der Waals surface area contributed by atoms with E-state index in [4.69, 9.17) is 0 Å². The molecule has 1 aromatic heterocycles. The van der Waals surface area contributed by atoms with E-state index < -0.39 is 0 Å². The minimum Gasteiger partial charge on any atom is -0.381 e. The Morgan fingerprint density at radius 3 is 2.81 bits per heavy atom. The highest BCUT2D eigenvalue weighted by molar-refractivity contribution is 6.30. The molecule has 1 aliphatic heterocycles. The van der Waals surface area contributed by atoms with E-state index in [1.54, 1.807) is 18.3 Å². The van der Waals surface area contributed by atoms with Crippen molar-refractivity contribution >= 4 is 22.9 Å². The van der Waals surface area contributed by atoms with Gasteiger partial charge in [-0.15, -0.1) is 0 Å². The van der Waals surface area contributed by atoms with Crippen molar-refractivity contribution in [2.24, 2.45) is 0 Å². The van der Waals surface area contributed by atoms with Gasteiger partial charge in [0.1, 0.15) is 0 Å². The number of pyridine rings is 1. The molecule has 2 aliphatic rings. The number of likely N-dealkylation sites (N-methyl/N-ethyl adjacent to an activating group) is 1.